The third-order valence-corrected chi connectivity index (χ3v) is 3.26. The SMILES string of the molecule is O=C(NCCCO)c1ccccc1Nc1cccc(C(F)(F)F)c1. The van der Waals surface area contributed by atoms with Gasteiger partial charge in [-0.25, -0.2) is 0 Å². The molecule has 7 heteroatoms. The predicted molar refractivity (Wildman–Crippen MR) is 85.2 cm³/mol. The van der Waals surface area contributed by atoms with Gasteiger partial charge >= 0.3 is 6.18 Å². The van der Waals surface area contributed by atoms with Crippen LogP contribution < -0.4 is 10.6 Å². The van der Waals surface area contributed by atoms with Crippen LogP contribution in [0.15, 0.2) is 48.5 Å². The van der Waals surface area contributed by atoms with Crippen LogP contribution >= 0.6 is 0 Å². The van der Waals surface area contributed by atoms with Crippen molar-refractivity contribution in [2.75, 3.05) is 18.5 Å². The van der Waals surface area contributed by atoms with E-state index in [1.807, 2.05) is 0 Å². The van der Waals surface area contributed by atoms with Gasteiger partial charge in [0.05, 0.1) is 16.8 Å². The molecule has 0 atom stereocenters. The molecule has 0 saturated heterocycles. The predicted octanol–water partition coefficient (Wildman–Crippen LogP) is 3.56. The first-order valence-corrected chi connectivity index (χ1v) is 7.34. The Labute approximate surface area is 137 Å². The third kappa shape index (κ3) is 4.73. The van der Waals surface area contributed by atoms with E-state index in [1.54, 1.807) is 24.3 Å². The van der Waals surface area contributed by atoms with E-state index in [-0.39, 0.29) is 18.2 Å². The van der Waals surface area contributed by atoms with Crippen molar-refractivity contribution < 1.29 is 23.1 Å². The Hall–Kier alpha value is -2.54. The first-order chi connectivity index (χ1) is 11.4. The molecule has 0 fully saturated rings. The van der Waals surface area contributed by atoms with Crippen LogP contribution in [0.2, 0.25) is 0 Å². The van der Waals surface area contributed by atoms with Crippen molar-refractivity contribution in [1.29, 1.82) is 0 Å². The summed E-state index contributed by atoms with van der Waals surface area (Å²) in [7, 11) is 0. The van der Waals surface area contributed by atoms with Gasteiger partial charge in [0.25, 0.3) is 5.91 Å². The molecule has 24 heavy (non-hydrogen) atoms. The molecule has 0 aliphatic carbocycles. The number of carbonyl (C=O) groups excluding carboxylic acids is 1. The molecule has 0 aliphatic heterocycles. The van der Waals surface area contributed by atoms with E-state index in [9.17, 15) is 18.0 Å². The number of hydrogen-bond acceptors (Lipinski definition) is 3. The lowest BCUT2D eigenvalue weighted by atomic mass is 10.1. The van der Waals surface area contributed by atoms with Crippen molar-refractivity contribution in [2.45, 2.75) is 12.6 Å². The fourth-order valence-electron chi connectivity index (χ4n) is 2.10. The molecule has 128 valence electrons. The molecule has 0 saturated carbocycles. The zero-order valence-electron chi connectivity index (χ0n) is 12.7. The van der Waals surface area contributed by atoms with Gasteiger partial charge in [-0.1, -0.05) is 18.2 Å². The van der Waals surface area contributed by atoms with Gasteiger partial charge < -0.3 is 15.7 Å². The van der Waals surface area contributed by atoms with Crippen molar-refractivity contribution in [3.05, 3.63) is 59.7 Å². The highest BCUT2D eigenvalue weighted by Gasteiger charge is 2.30. The number of carbonyl (C=O) groups is 1. The maximum absolute atomic E-state index is 12.8. The number of alkyl halides is 3. The van der Waals surface area contributed by atoms with Crippen LogP contribution in [0.4, 0.5) is 24.5 Å². The lowest BCUT2D eigenvalue weighted by molar-refractivity contribution is -0.137. The van der Waals surface area contributed by atoms with Crippen LogP contribution in [0.3, 0.4) is 0 Å². The molecule has 3 N–H and O–H groups in total. The Morgan fingerprint density at radius 3 is 2.54 bits per heavy atom. The maximum Gasteiger partial charge on any atom is 0.416 e. The summed E-state index contributed by atoms with van der Waals surface area (Å²) < 4.78 is 38.3. The molecule has 0 unspecified atom stereocenters. The number of para-hydroxylation sites is 1. The minimum Gasteiger partial charge on any atom is -0.396 e. The average Bonchev–Trinajstić information content (AvgIpc) is 2.55. The molecular weight excluding hydrogens is 321 g/mol. The molecule has 0 aromatic heterocycles. The summed E-state index contributed by atoms with van der Waals surface area (Å²) in [5.41, 5.74) is 0.184. The first kappa shape index (κ1) is 17.8. The number of aliphatic hydroxyl groups is 1. The van der Waals surface area contributed by atoms with Crippen LogP contribution in [0.25, 0.3) is 0 Å². The summed E-state index contributed by atoms with van der Waals surface area (Å²) in [5.74, 6) is -0.362. The maximum atomic E-state index is 12.8. The summed E-state index contributed by atoms with van der Waals surface area (Å²) in [5, 5.41) is 14.2. The lowest BCUT2D eigenvalue weighted by Gasteiger charge is -2.14. The van der Waals surface area contributed by atoms with Gasteiger partial charge in [-0.05, 0) is 36.8 Å². The fourth-order valence-corrected chi connectivity index (χ4v) is 2.10. The smallest absolute Gasteiger partial charge is 0.396 e. The summed E-state index contributed by atoms with van der Waals surface area (Å²) in [6, 6.07) is 11.3. The highest BCUT2D eigenvalue weighted by molar-refractivity contribution is 6.00. The molecule has 0 aliphatic rings. The minimum atomic E-state index is -4.43. The molecule has 2 aromatic rings. The van der Waals surface area contributed by atoms with E-state index in [0.717, 1.165) is 12.1 Å². The summed E-state index contributed by atoms with van der Waals surface area (Å²) >= 11 is 0. The number of benzene rings is 2. The number of amides is 1. The number of halogens is 3. The van der Waals surface area contributed by atoms with Gasteiger partial charge in [0.1, 0.15) is 0 Å². The topological polar surface area (TPSA) is 61.4 Å². The third-order valence-electron chi connectivity index (χ3n) is 3.26. The van der Waals surface area contributed by atoms with Crippen molar-refractivity contribution in [3.63, 3.8) is 0 Å². The van der Waals surface area contributed by atoms with Crippen LogP contribution in [-0.4, -0.2) is 24.2 Å². The Bertz CT molecular complexity index is 702. The molecular formula is C17H17F3N2O2. The Morgan fingerprint density at radius 1 is 1.08 bits per heavy atom. The van der Waals surface area contributed by atoms with Crippen molar-refractivity contribution in [3.8, 4) is 0 Å². The Balaban J connectivity index is 2.20. The highest BCUT2D eigenvalue weighted by Crippen LogP contribution is 2.31. The minimum absolute atomic E-state index is 0.0373. The second kappa shape index (κ2) is 7.83. The van der Waals surface area contributed by atoms with Gasteiger partial charge in [0, 0.05) is 18.8 Å². The molecule has 0 heterocycles. The molecule has 2 rings (SSSR count). The molecule has 0 bridgehead atoms. The van der Waals surface area contributed by atoms with Crippen LogP contribution in [-0.2, 0) is 6.18 Å². The van der Waals surface area contributed by atoms with Crippen molar-refractivity contribution in [2.24, 2.45) is 0 Å². The summed E-state index contributed by atoms with van der Waals surface area (Å²) in [6.45, 7) is 0.275. The molecule has 1 amide bonds. The van der Waals surface area contributed by atoms with Gasteiger partial charge in [-0.15, -0.1) is 0 Å². The monoisotopic (exact) mass is 338 g/mol. The van der Waals surface area contributed by atoms with Gasteiger partial charge in [0.2, 0.25) is 0 Å². The number of hydrogen-bond donors (Lipinski definition) is 3. The van der Waals surface area contributed by atoms with Crippen LogP contribution in [0.1, 0.15) is 22.3 Å². The molecule has 0 spiro atoms. The van der Waals surface area contributed by atoms with E-state index in [1.165, 1.54) is 12.1 Å². The second-order valence-corrected chi connectivity index (χ2v) is 5.08. The molecule has 0 radical (unpaired) electrons. The fraction of sp³-hybridized carbons (Fsp3) is 0.235. The molecule has 4 nitrogen and oxygen atoms in total. The number of anilines is 2. The normalized spacial score (nSPS) is 11.2. The Morgan fingerprint density at radius 2 is 1.83 bits per heavy atom. The number of rotatable bonds is 6. The quantitative estimate of drug-likeness (QED) is 0.706. The molecule has 2 aromatic carbocycles. The highest BCUT2D eigenvalue weighted by atomic mass is 19.4. The van der Waals surface area contributed by atoms with Gasteiger partial charge in [-0.3, -0.25) is 4.79 Å². The lowest BCUT2D eigenvalue weighted by Crippen LogP contribution is -2.25. The zero-order valence-corrected chi connectivity index (χ0v) is 12.7. The van der Waals surface area contributed by atoms with Crippen LogP contribution in [0.5, 0.6) is 0 Å². The van der Waals surface area contributed by atoms with Crippen molar-refractivity contribution in [1.82, 2.24) is 5.32 Å². The van der Waals surface area contributed by atoms with Gasteiger partial charge in [0.15, 0.2) is 0 Å². The van der Waals surface area contributed by atoms with E-state index < -0.39 is 11.7 Å². The second-order valence-electron chi connectivity index (χ2n) is 5.08. The average molecular weight is 338 g/mol. The Kier molecular flexibility index (Phi) is 5.81. The van der Waals surface area contributed by atoms with Gasteiger partial charge in [-0.2, -0.15) is 13.2 Å². The summed E-state index contributed by atoms with van der Waals surface area (Å²) in [4.78, 5) is 12.1. The standard InChI is InChI=1S/C17H17F3N2O2/c18-17(19,20)12-5-3-6-13(11-12)22-15-8-2-1-7-14(15)16(24)21-9-4-10-23/h1-3,5-8,11,22-23H,4,9-10H2,(H,21,24). The number of nitrogens with one attached hydrogen (secondary N) is 2. The van der Waals surface area contributed by atoms with E-state index in [4.69, 9.17) is 5.11 Å². The summed E-state index contributed by atoms with van der Waals surface area (Å²) in [6.07, 6.45) is -4.01. The van der Waals surface area contributed by atoms with E-state index in [2.05, 4.69) is 10.6 Å². The first-order valence-electron chi connectivity index (χ1n) is 7.34. The zero-order chi connectivity index (χ0) is 17.6. The van der Waals surface area contributed by atoms with E-state index >= 15 is 0 Å². The number of aliphatic hydroxyl groups excluding tert-OH is 1. The van der Waals surface area contributed by atoms with E-state index in [0.29, 0.717) is 24.2 Å². The van der Waals surface area contributed by atoms with Crippen molar-refractivity contribution >= 4 is 17.3 Å². The van der Waals surface area contributed by atoms with Crippen LogP contribution in [0, 0.1) is 0 Å². The largest absolute Gasteiger partial charge is 0.416 e.